The Morgan fingerprint density at radius 3 is 1.65 bits per heavy atom. The number of allylic oxidation sites excluding steroid dienone is 4. The third-order valence-electron chi connectivity index (χ3n) is 20.4. The first-order valence-electron chi connectivity index (χ1n) is 34.8. The first kappa shape index (κ1) is 61.4. The van der Waals surface area contributed by atoms with Crippen LogP contribution >= 0.6 is 31.9 Å². The van der Waals surface area contributed by atoms with Gasteiger partial charge in [0.15, 0.2) is 34.5 Å². The van der Waals surface area contributed by atoms with Crippen molar-refractivity contribution in [1.82, 2.24) is 9.13 Å². The SMILES string of the molecule is Brc1cc2c3c(c1)c1cccc4c1n3-c1c(cccc1O2)O4.Brc1ccc2oc3ccccc3c2c1.C1=CC2Oc3ccc(N(c4ccccc4)c4cc5c6c(c4)c4cccc7c4n6-c4c(cccc4O5)C7)cc3C2C=C1.C1=CC2Oc3ccc(Nc4ccccc4)cc3C2C=C1.Nc1ccccc1.[3HH]. The van der Waals surface area contributed by atoms with Crippen molar-refractivity contribution < 1.29 is 29.5 Å². The number of furan rings is 1. The third-order valence-corrected chi connectivity index (χ3v) is 21.3. The number of halogens is 2. The molecular formula is C91H63Br2N5O6. The molecule has 0 amide bonds. The lowest BCUT2D eigenvalue weighted by atomic mass is 9.91. The number of hydrogen-bond donors (Lipinski definition) is 2. The Hall–Kier alpha value is -12.4. The quantitative estimate of drug-likeness (QED) is 0.163. The molecule has 0 saturated heterocycles. The molecule has 0 fully saturated rings. The van der Waals surface area contributed by atoms with Crippen LogP contribution < -0.4 is 39.6 Å². The fourth-order valence-electron chi connectivity index (χ4n) is 15.9. The van der Waals surface area contributed by atoms with Gasteiger partial charge in [-0.3, -0.25) is 4.57 Å². The van der Waals surface area contributed by atoms with Gasteiger partial charge in [-0.05, 0) is 163 Å². The third kappa shape index (κ3) is 10.4. The number of ether oxygens (including phenoxy) is 5. The van der Waals surface area contributed by atoms with Gasteiger partial charge in [-0.2, -0.15) is 0 Å². The van der Waals surface area contributed by atoms with E-state index in [1.165, 1.54) is 60.4 Å². The van der Waals surface area contributed by atoms with Crippen LogP contribution in [0.4, 0.5) is 34.1 Å². The van der Waals surface area contributed by atoms with Crippen molar-refractivity contribution in [3.8, 4) is 57.4 Å². The second-order valence-corrected chi connectivity index (χ2v) is 28.5. The highest BCUT2D eigenvalue weighted by atomic mass is 79.9. The molecule has 502 valence electrons. The molecule has 4 unspecified atom stereocenters. The van der Waals surface area contributed by atoms with Crippen LogP contribution in [0, 0.1) is 0 Å². The highest BCUT2D eigenvalue weighted by Gasteiger charge is 2.37. The van der Waals surface area contributed by atoms with Gasteiger partial charge in [0, 0.05) is 107 Å². The number of rotatable bonds is 5. The zero-order valence-electron chi connectivity index (χ0n) is 55.7. The van der Waals surface area contributed by atoms with Crippen LogP contribution in [0.5, 0.6) is 46.0 Å². The summed E-state index contributed by atoms with van der Waals surface area (Å²) < 4.78 is 43.7. The average Bonchev–Trinajstić information content (AvgIpc) is 1.56. The Bertz CT molecular complexity index is 6320. The van der Waals surface area contributed by atoms with Crippen molar-refractivity contribution in [2.45, 2.75) is 30.5 Å². The maximum atomic E-state index is 6.71. The zero-order valence-corrected chi connectivity index (χ0v) is 58.8. The molecule has 4 atom stereocenters. The number of aromatic nitrogens is 2. The predicted molar refractivity (Wildman–Crippen MR) is 428 cm³/mol. The van der Waals surface area contributed by atoms with Crippen LogP contribution in [0.1, 0.15) is 35.5 Å². The molecule has 6 aliphatic heterocycles. The van der Waals surface area contributed by atoms with Crippen LogP contribution in [0.3, 0.4) is 0 Å². The van der Waals surface area contributed by atoms with Gasteiger partial charge in [0.25, 0.3) is 0 Å². The van der Waals surface area contributed by atoms with E-state index in [1.54, 1.807) is 0 Å². The van der Waals surface area contributed by atoms with Crippen molar-refractivity contribution in [1.29, 1.82) is 0 Å². The minimum Gasteiger partial charge on any atom is -0.485 e. The number of benzene rings is 13. The lowest BCUT2D eigenvalue weighted by molar-refractivity contribution is 0.268. The molecular weight excluding hydrogens is 1420 g/mol. The number of fused-ring (bicyclic) bond motifs is 11. The second kappa shape index (κ2) is 25.0. The van der Waals surface area contributed by atoms with Crippen LogP contribution in [-0.2, 0) is 6.42 Å². The van der Waals surface area contributed by atoms with Gasteiger partial charge in [-0.25, -0.2) is 0 Å². The maximum Gasteiger partial charge on any atom is 0.155 e. The minimum absolute atomic E-state index is 0. The standard InChI is InChI=1S/C37H24N2O2.C18H8BrNO2.C18H15NO.C12H7BrO.C6H7N.H2/c1-2-10-24(11-3-1)38(25-16-17-32-29(19-25)27-12-4-5-14-31(27)40-32)26-20-30-28-13-6-8-22-18-23-9-7-15-33-36(23)39(35(22)28)37(30)34(21-26)41-33;19-9-7-11-10-3-1-4-12-16(10)20-17(11)15(8-9)22-14-6-2-5-13(21-12)18(14)20;1-2-6-13(7-3-1)19-14-10-11-18-16(12-14)15-8-4-5-9-17(15)20-18;13-8-5-6-12-10(7-8)9-3-1-2-4-11(9)14-12;7-6-4-2-1-3-5-6;/h1-17,19-21,27,31H,18H2;1-8H;1-12,15,17,19H;1-7H;1-5H,7H2;1H/i;;;;;1+2. The lowest BCUT2D eigenvalue weighted by Gasteiger charge is -2.29. The number of hydrogen-bond acceptors (Lipinski definition) is 9. The van der Waals surface area contributed by atoms with Crippen molar-refractivity contribution in [2.24, 2.45) is 0 Å². The second-order valence-electron chi connectivity index (χ2n) is 26.7. The molecule has 2 aliphatic carbocycles. The Balaban J connectivity index is 0.0000000999. The number of nitrogens with two attached hydrogens (primary N) is 1. The molecule has 3 N–H and O–H groups in total. The first-order valence-corrected chi connectivity index (χ1v) is 36.4. The van der Waals surface area contributed by atoms with Crippen LogP contribution in [-0.4, -0.2) is 21.3 Å². The van der Waals surface area contributed by atoms with Gasteiger partial charge >= 0.3 is 0 Å². The van der Waals surface area contributed by atoms with E-state index in [1.807, 2.05) is 115 Å². The van der Waals surface area contributed by atoms with Gasteiger partial charge in [0.1, 0.15) is 40.6 Å². The fourth-order valence-corrected chi connectivity index (χ4v) is 16.7. The number of nitrogens with one attached hydrogen (secondary N) is 1. The van der Waals surface area contributed by atoms with Crippen molar-refractivity contribution in [3.05, 3.63) is 347 Å². The molecule has 0 bridgehead atoms. The summed E-state index contributed by atoms with van der Waals surface area (Å²) in [5, 5.41) is 10.6. The summed E-state index contributed by atoms with van der Waals surface area (Å²) in [6.07, 6.45) is 18.2. The Labute approximate surface area is 616 Å². The smallest absolute Gasteiger partial charge is 0.155 e. The molecule has 3 aromatic heterocycles. The lowest BCUT2D eigenvalue weighted by Crippen LogP contribution is -2.15. The first-order chi connectivity index (χ1) is 51.3. The van der Waals surface area contributed by atoms with Crippen LogP contribution in [0.2, 0.25) is 0 Å². The molecule has 8 aliphatic rings. The summed E-state index contributed by atoms with van der Waals surface area (Å²) in [6.45, 7) is 0. The fraction of sp³-hybridized carbons (Fsp3) is 0.0549. The molecule has 104 heavy (non-hydrogen) atoms. The van der Waals surface area contributed by atoms with E-state index in [0.717, 1.165) is 134 Å². The number of nitrogens with zero attached hydrogens (tertiary/aromatic N) is 3. The van der Waals surface area contributed by atoms with Crippen LogP contribution in [0.15, 0.2) is 329 Å². The molecule has 24 rings (SSSR count). The molecule has 11 nitrogen and oxygen atoms in total. The molecule has 0 saturated carbocycles. The van der Waals surface area contributed by atoms with Gasteiger partial charge in [-0.15, -0.1) is 0 Å². The summed E-state index contributed by atoms with van der Waals surface area (Å²) in [5.41, 5.74) is 25.5. The van der Waals surface area contributed by atoms with E-state index in [9.17, 15) is 0 Å². The summed E-state index contributed by atoms with van der Waals surface area (Å²) >= 11 is 7.06. The van der Waals surface area contributed by atoms with Gasteiger partial charge in [-0.1, -0.05) is 190 Å². The van der Waals surface area contributed by atoms with Gasteiger partial charge < -0.3 is 48.6 Å². The molecule has 0 spiro atoms. The van der Waals surface area contributed by atoms with E-state index in [-0.39, 0.29) is 19.6 Å². The molecule has 13 heteroatoms. The highest BCUT2D eigenvalue weighted by Crippen LogP contribution is 2.56. The monoisotopic (exact) mass is 1480 g/mol. The number of anilines is 6. The summed E-state index contributed by atoms with van der Waals surface area (Å²) in [4.78, 5) is 2.34. The Morgan fingerprint density at radius 2 is 0.913 bits per heavy atom. The Kier molecular flexibility index (Phi) is 14.8. The number of nitrogen functional groups attached to an aromatic ring is 1. The summed E-state index contributed by atoms with van der Waals surface area (Å²) in [6, 6.07) is 91.3. The van der Waals surface area contributed by atoms with Crippen molar-refractivity contribution >= 4 is 132 Å². The molecule has 16 aromatic rings. The maximum absolute atomic E-state index is 6.71. The van der Waals surface area contributed by atoms with E-state index < -0.39 is 0 Å². The van der Waals surface area contributed by atoms with Crippen LogP contribution in [0.25, 0.3) is 76.9 Å². The van der Waals surface area contributed by atoms with E-state index in [0.29, 0.717) is 5.92 Å². The van der Waals surface area contributed by atoms with Crippen molar-refractivity contribution in [2.75, 3.05) is 16.0 Å². The summed E-state index contributed by atoms with van der Waals surface area (Å²) in [7, 11) is 0. The van der Waals surface area contributed by atoms with Crippen molar-refractivity contribution in [3.63, 3.8) is 0 Å². The van der Waals surface area contributed by atoms with E-state index in [4.69, 9.17) is 33.8 Å². The molecule has 0 radical (unpaired) electrons. The minimum atomic E-state index is 0. The van der Waals surface area contributed by atoms with Gasteiger partial charge in [0.2, 0.25) is 0 Å². The Morgan fingerprint density at radius 1 is 0.365 bits per heavy atom. The number of para-hydroxylation sites is 8. The molecule has 13 aromatic carbocycles. The normalized spacial score (nSPS) is 16.4. The topological polar surface area (TPSA) is 110 Å². The van der Waals surface area contributed by atoms with E-state index >= 15 is 0 Å². The zero-order chi connectivity index (χ0) is 69.1. The highest BCUT2D eigenvalue weighted by molar-refractivity contribution is 9.10. The largest absolute Gasteiger partial charge is 0.485 e. The average molecular weight is 1480 g/mol. The summed E-state index contributed by atoms with van der Waals surface area (Å²) in [5.74, 6) is 7.76. The predicted octanol–water partition coefficient (Wildman–Crippen LogP) is 25.3. The van der Waals surface area contributed by atoms with E-state index in [2.05, 4.69) is 251 Å². The molecule has 9 heterocycles. The van der Waals surface area contributed by atoms with Gasteiger partial charge in [0.05, 0.1) is 33.4 Å².